The Morgan fingerprint density at radius 1 is 1.15 bits per heavy atom. The lowest BCUT2D eigenvalue weighted by atomic mass is 9.93. The van der Waals surface area contributed by atoms with Crippen molar-refractivity contribution in [1.82, 2.24) is 9.97 Å². The van der Waals surface area contributed by atoms with Gasteiger partial charge >= 0.3 is 0 Å². The molecule has 1 aromatic rings. The maximum atomic E-state index is 9.68. The van der Waals surface area contributed by atoms with Crippen LogP contribution >= 0.6 is 0 Å². The minimum atomic E-state index is -0.353. The van der Waals surface area contributed by atoms with Gasteiger partial charge in [-0.2, -0.15) is 0 Å². The highest BCUT2D eigenvalue weighted by Gasteiger charge is 2.26. The van der Waals surface area contributed by atoms with Crippen LogP contribution in [0.25, 0.3) is 0 Å². The number of hydrazine groups is 1. The quantitative estimate of drug-likeness (QED) is 0.430. The predicted octanol–water partition coefficient (Wildman–Crippen LogP) is 1.99. The smallest absolute Gasteiger partial charge is 0.148 e. The molecule has 6 heteroatoms. The molecule has 1 heterocycles. The molecule has 1 rings (SSSR count). The van der Waals surface area contributed by atoms with E-state index < -0.39 is 0 Å². The van der Waals surface area contributed by atoms with Crippen molar-refractivity contribution in [2.24, 2.45) is 5.84 Å². The van der Waals surface area contributed by atoms with Gasteiger partial charge in [0.2, 0.25) is 0 Å². The Hall–Kier alpha value is -1.40. The molecule has 0 saturated carbocycles. The number of nitrogens with zero attached hydrogens (tertiary/aromatic N) is 2. The molecule has 0 aromatic carbocycles. The molecule has 0 atom stereocenters. The topological polar surface area (TPSA) is 96.1 Å². The number of anilines is 2. The van der Waals surface area contributed by atoms with Crippen LogP contribution in [0, 0.1) is 6.92 Å². The van der Waals surface area contributed by atoms with Gasteiger partial charge in [0.1, 0.15) is 17.5 Å². The maximum Gasteiger partial charge on any atom is 0.148 e. The van der Waals surface area contributed by atoms with E-state index in [2.05, 4.69) is 41.5 Å². The summed E-state index contributed by atoms with van der Waals surface area (Å²) < 4.78 is 0. The van der Waals surface area contributed by atoms with E-state index in [0.29, 0.717) is 5.82 Å². The van der Waals surface area contributed by atoms with Crippen molar-refractivity contribution < 1.29 is 5.11 Å². The first-order valence-electron chi connectivity index (χ1n) is 7.28. The molecule has 0 amide bonds. The summed E-state index contributed by atoms with van der Waals surface area (Å²) in [5.74, 6) is 7.66. The van der Waals surface area contributed by atoms with E-state index in [1.165, 1.54) is 0 Å². The lowest BCUT2D eigenvalue weighted by Gasteiger charge is -2.32. The second-order valence-corrected chi connectivity index (χ2v) is 5.13. The number of aliphatic hydroxyl groups is 1. The fourth-order valence-corrected chi connectivity index (χ4v) is 2.10. The summed E-state index contributed by atoms with van der Waals surface area (Å²) in [6, 6.07) is 0. The van der Waals surface area contributed by atoms with Crippen LogP contribution in [-0.2, 0) is 6.42 Å². The summed E-state index contributed by atoms with van der Waals surface area (Å²) in [4.78, 5) is 8.97. The molecular weight excluding hydrogens is 254 g/mol. The summed E-state index contributed by atoms with van der Waals surface area (Å²) in [6.45, 7) is 8.18. The fraction of sp³-hybridized carbons (Fsp3) is 0.714. The molecule has 114 valence electrons. The first-order chi connectivity index (χ1) is 9.55. The van der Waals surface area contributed by atoms with Crippen molar-refractivity contribution in [2.75, 3.05) is 17.3 Å². The van der Waals surface area contributed by atoms with Gasteiger partial charge in [0.05, 0.1) is 12.1 Å². The number of aromatic nitrogens is 2. The molecule has 0 aliphatic carbocycles. The standard InChI is InChI=1S/C14H27N5O/c1-5-8-11-16-12(10(4)13(17-11)19-15)18-14(6-2,7-3)9-20/h20H,5-9,15H2,1-4H3,(H2,16,17,18,19). The van der Waals surface area contributed by atoms with Crippen molar-refractivity contribution in [2.45, 2.75) is 58.9 Å². The number of nitrogens with two attached hydrogens (primary N) is 1. The Balaban J connectivity index is 3.18. The molecule has 20 heavy (non-hydrogen) atoms. The number of aryl methyl sites for hydroxylation is 1. The zero-order valence-corrected chi connectivity index (χ0v) is 13.0. The van der Waals surface area contributed by atoms with Gasteiger partial charge in [0.15, 0.2) is 0 Å². The minimum absolute atomic E-state index is 0.0674. The zero-order chi connectivity index (χ0) is 15.2. The molecule has 0 aliphatic rings. The monoisotopic (exact) mass is 281 g/mol. The van der Waals surface area contributed by atoms with Gasteiger partial charge in [-0.05, 0) is 26.2 Å². The van der Waals surface area contributed by atoms with Crippen molar-refractivity contribution >= 4 is 11.6 Å². The van der Waals surface area contributed by atoms with E-state index in [4.69, 9.17) is 5.84 Å². The molecule has 0 bridgehead atoms. The van der Waals surface area contributed by atoms with Crippen LogP contribution < -0.4 is 16.6 Å². The second kappa shape index (κ2) is 7.40. The highest BCUT2D eigenvalue weighted by atomic mass is 16.3. The van der Waals surface area contributed by atoms with Crippen LogP contribution in [0.5, 0.6) is 0 Å². The zero-order valence-electron chi connectivity index (χ0n) is 13.0. The third-order valence-electron chi connectivity index (χ3n) is 3.84. The minimum Gasteiger partial charge on any atom is -0.394 e. The predicted molar refractivity (Wildman–Crippen MR) is 82.6 cm³/mol. The summed E-state index contributed by atoms with van der Waals surface area (Å²) >= 11 is 0. The molecule has 5 N–H and O–H groups in total. The normalized spacial score (nSPS) is 11.5. The number of aliphatic hydroxyl groups excluding tert-OH is 1. The molecule has 0 fully saturated rings. The van der Waals surface area contributed by atoms with Gasteiger partial charge < -0.3 is 15.8 Å². The molecule has 0 spiro atoms. The largest absolute Gasteiger partial charge is 0.394 e. The Bertz CT molecular complexity index is 424. The average molecular weight is 281 g/mol. The molecule has 6 nitrogen and oxygen atoms in total. The summed E-state index contributed by atoms with van der Waals surface area (Å²) in [6.07, 6.45) is 3.41. The first kappa shape index (κ1) is 16.7. The Kier molecular flexibility index (Phi) is 6.16. The Morgan fingerprint density at radius 2 is 1.75 bits per heavy atom. The van der Waals surface area contributed by atoms with Crippen molar-refractivity contribution in [1.29, 1.82) is 0 Å². The van der Waals surface area contributed by atoms with Gasteiger partial charge in [-0.15, -0.1) is 0 Å². The molecule has 1 aromatic heterocycles. The molecule has 0 saturated heterocycles. The van der Waals surface area contributed by atoms with E-state index in [-0.39, 0.29) is 12.1 Å². The highest BCUT2D eigenvalue weighted by Crippen LogP contribution is 2.26. The van der Waals surface area contributed by atoms with Gasteiger partial charge in [-0.25, -0.2) is 15.8 Å². The van der Waals surface area contributed by atoms with E-state index in [0.717, 1.165) is 42.9 Å². The van der Waals surface area contributed by atoms with Gasteiger partial charge in [-0.3, -0.25) is 0 Å². The SMILES string of the molecule is CCCc1nc(NN)c(C)c(NC(CC)(CC)CO)n1. The van der Waals surface area contributed by atoms with Crippen LogP contribution in [0.2, 0.25) is 0 Å². The number of hydrogen-bond donors (Lipinski definition) is 4. The fourth-order valence-electron chi connectivity index (χ4n) is 2.10. The number of hydrogen-bond acceptors (Lipinski definition) is 6. The van der Waals surface area contributed by atoms with Crippen LogP contribution in [-0.4, -0.2) is 27.2 Å². The molecular formula is C14H27N5O. The number of nitrogen functional groups attached to an aromatic ring is 1. The first-order valence-corrected chi connectivity index (χ1v) is 7.28. The van der Waals surface area contributed by atoms with Gasteiger partial charge in [-0.1, -0.05) is 20.8 Å². The Labute approximate surface area is 121 Å². The van der Waals surface area contributed by atoms with Crippen molar-refractivity contribution in [3.63, 3.8) is 0 Å². The van der Waals surface area contributed by atoms with Crippen molar-refractivity contribution in [3.05, 3.63) is 11.4 Å². The number of rotatable bonds is 8. The van der Waals surface area contributed by atoms with Crippen LogP contribution in [0.4, 0.5) is 11.6 Å². The second-order valence-electron chi connectivity index (χ2n) is 5.13. The molecule has 0 unspecified atom stereocenters. The summed E-state index contributed by atoms with van der Waals surface area (Å²) in [5, 5.41) is 13.1. The Morgan fingerprint density at radius 3 is 2.20 bits per heavy atom. The third kappa shape index (κ3) is 3.58. The summed E-state index contributed by atoms with van der Waals surface area (Å²) in [7, 11) is 0. The third-order valence-corrected chi connectivity index (χ3v) is 3.84. The maximum absolute atomic E-state index is 9.68. The van der Waals surface area contributed by atoms with E-state index >= 15 is 0 Å². The van der Waals surface area contributed by atoms with E-state index in [1.54, 1.807) is 0 Å². The summed E-state index contributed by atoms with van der Waals surface area (Å²) in [5.41, 5.74) is 3.14. The van der Waals surface area contributed by atoms with Gasteiger partial charge in [0, 0.05) is 12.0 Å². The van der Waals surface area contributed by atoms with Crippen LogP contribution in [0.3, 0.4) is 0 Å². The highest BCUT2D eigenvalue weighted by molar-refractivity contribution is 5.57. The van der Waals surface area contributed by atoms with E-state index in [1.807, 2.05) is 6.92 Å². The van der Waals surface area contributed by atoms with Crippen LogP contribution in [0.1, 0.15) is 51.4 Å². The lowest BCUT2D eigenvalue weighted by Crippen LogP contribution is -2.41. The average Bonchev–Trinajstić information content (AvgIpc) is 2.48. The lowest BCUT2D eigenvalue weighted by molar-refractivity contribution is 0.202. The molecule has 0 radical (unpaired) electrons. The van der Waals surface area contributed by atoms with Crippen LogP contribution in [0.15, 0.2) is 0 Å². The van der Waals surface area contributed by atoms with Crippen molar-refractivity contribution in [3.8, 4) is 0 Å². The van der Waals surface area contributed by atoms with Gasteiger partial charge in [0.25, 0.3) is 0 Å². The number of nitrogens with one attached hydrogen (secondary N) is 2. The molecule has 0 aliphatic heterocycles. The van der Waals surface area contributed by atoms with E-state index in [9.17, 15) is 5.11 Å².